The van der Waals surface area contributed by atoms with E-state index in [4.69, 9.17) is 18.0 Å². The van der Waals surface area contributed by atoms with E-state index in [1.165, 1.54) is 25.1 Å². The van der Waals surface area contributed by atoms with Crippen LogP contribution in [0, 0.1) is 18.2 Å². The van der Waals surface area contributed by atoms with Crippen LogP contribution in [0.3, 0.4) is 0 Å². The van der Waals surface area contributed by atoms with E-state index in [0.717, 1.165) is 25.9 Å². The lowest BCUT2D eigenvalue weighted by atomic mass is 9.93. The van der Waals surface area contributed by atoms with Gasteiger partial charge < -0.3 is 0 Å². The Kier molecular flexibility index (Phi) is 5.34. The summed E-state index contributed by atoms with van der Waals surface area (Å²) in [5.74, 6) is 1.89. The van der Waals surface area contributed by atoms with Crippen molar-refractivity contribution in [3.63, 3.8) is 0 Å². The largest absolute Gasteiger partial charge is 0.294 e. The highest BCUT2D eigenvalue weighted by Gasteiger charge is 2.21. The normalized spacial score (nSPS) is 14.0. The molecule has 0 bridgehead atoms. The number of nitrogens with zero attached hydrogens (tertiary/aromatic N) is 3. The van der Waals surface area contributed by atoms with Gasteiger partial charge in [0, 0.05) is 24.2 Å². The zero-order valence-corrected chi connectivity index (χ0v) is 15.1. The first-order valence-corrected chi connectivity index (χ1v) is 8.65. The average molecular weight is 370 g/mol. The van der Waals surface area contributed by atoms with E-state index in [9.17, 15) is 9.18 Å². The van der Waals surface area contributed by atoms with Crippen LogP contribution in [0.15, 0.2) is 40.7 Å². The topological polar surface area (TPSA) is 45.0 Å². The van der Waals surface area contributed by atoms with Crippen LogP contribution in [-0.4, -0.2) is 23.9 Å². The molecule has 1 aliphatic rings. The molecule has 132 valence electrons. The summed E-state index contributed by atoms with van der Waals surface area (Å²) < 4.78 is 13.8. The standard InChI is InChI=1S/C20H17ClFN3O/c1-3-16-18(21)12-17(13(2)26)19(14-7-6-8-15(22)11-14)20(16)23-24-25-9-4-5-10-25/h1,6-8,11-12H,4-5,9-10H2,2H3/b24-23+. The molecule has 0 unspecified atom stereocenters. The van der Waals surface area contributed by atoms with Gasteiger partial charge in [-0.15, -0.1) is 11.5 Å². The summed E-state index contributed by atoms with van der Waals surface area (Å²) in [7, 11) is 0. The number of carbonyl (C=O) groups is 1. The minimum Gasteiger partial charge on any atom is -0.294 e. The van der Waals surface area contributed by atoms with Gasteiger partial charge in [-0.2, -0.15) is 0 Å². The van der Waals surface area contributed by atoms with Crippen LogP contribution in [0.5, 0.6) is 0 Å². The maximum Gasteiger partial charge on any atom is 0.160 e. The second-order valence-electron chi connectivity index (χ2n) is 6.07. The van der Waals surface area contributed by atoms with Crippen molar-refractivity contribution in [1.82, 2.24) is 5.01 Å². The van der Waals surface area contributed by atoms with E-state index >= 15 is 0 Å². The molecule has 3 rings (SSSR count). The third-order valence-corrected chi connectivity index (χ3v) is 4.54. The number of hydrogen-bond donors (Lipinski definition) is 0. The van der Waals surface area contributed by atoms with Crippen molar-refractivity contribution in [2.45, 2.75) is 19.8 Å². The van der Waals surface area contributed by atoms with Gasteiger partial charge in [-0.3, -0.25) is 9.80 Å². The summed E-state index contributed by atoms with van der Waals surface area (Å²) in [6.07, 6.45) is 7.72. The number of hydrogen-bond acceptors (Lipinski definition) is 3. The number of rotatable bonds is 4. The average Bonchev–Trinajstić information content (AvgIpc) is 3.12. The molecule has 1 fully saturated rings. The lowest BCUT2D eigenvalue weighted by molar-refractivity contribution is 0.101. The fraction of sp³-hybridized carbons (Fsp3) is 0.250. The van der Waals surface area contributed by atoms with Crippen molar-refractivity contribution < 1.29 is 9.18 Å². The van der Waals surface area contributed by atoms with Gasteiger partial charge in [-0.1, -0.05) is 34.9 Å². The predicted molar refractivity (Wildman–Crippen MR) is 100 cm³/mol. The van der Waals surface area contributed by atoms with Gasteiger partial charge in [-0.05, 0) is 43.5 Å². The highest BCUT2D eigenvalue weighted by molar-refractivity contribution is 6.33. The van der Waals surface area contributed by atoms with Crippen molar-refractivity contribution in [3.8, 4) is 23.5 Å². The first-order chi connectivity index (χ1) is 12.5. The van der Waals surface area contributed by atoms with E-state index in [1.54, 1.807) is 12.1 Å². The quantitative estimate of drug-likeness (QED) is 0.410. The van der Waals surface area contributed by atoms with E-state index < -0.39 is 5.82 Å². The molecule has 0 spiro atoms. The minimum atomic E-state index is -0.420. The molecular formula is C20H17ClFN3O. The van der Waals surface area contributed by atoms with Crippen LogP contribution >= 0.6 is 11.6 Å². The fourth-order valence-electron chi connectivity index (χ4n) is 2.99. The molecule has 0 N–H and O–H groups in total. The second-order valence-corrected chi connectivity index (χ2v) is 6.47. The van der Waals surface area contributed by atoms with E-state index in [2.05, 4.69) is 16.3 Å². The third-order valence-electron chi connectivity index (χ3n) is 4.24. The second kappa shape index (κ2) is 7.67. The third kappa shape index (κ3) is 3.61. The van der Waals surface area contributed by atoms with Crippen molar-refractivity contribution in [1.29, 1.82) is 0 Å². The number of Topliss-reactive ketones (excluding diaryl/α,β-unsaturated/α-hetero) is 1. The number of terminal acetylenes is 1. The summed E-state index contributed by atoms with van der Waals surface area (Å²) in [5, 5.41) is 10.7. The smallest absolute Gasteiger partial charge is 0.160 e. The summed E-state index contributed by atoms with van der Waals surface area (Å²) in [4.78, 5) is 12.2. The Morgan fingerprint density at radius 2 is 2.04 bits per heavy atom. The van der Waals surface area contributed by atoms with Crippen molar-refractivity contribution in [2.75, 3.05) is 13.1 Å². The van der Waals surface area contributed by atoms with Crippen LogP contribution in [0.1, 0.15) is 35.7 Å². The summed E-state index contributed by atoms with van der Waals surface area (Å²) in [5.41, 5.74) is 1.91. The Morgan fingerprint density at radius 3 is 2.65 bits per heavy atom. The molecule has 2 aromatic carbocycles. The highest BCUT2D eigenvalue weighted by atomic mass is 35.5. The maximum atomic E-state index is 13.8. The molecule has 2 aromatic rings. The Bertz CT molecular complexity index is 927. The van der Waals surface area contributed by atoms with Crippen LogP contribution in [0.2, 0.25) is 5.02 Å². The summed E-state index contributed by atoms with van der Waals surface area (Å²) >= 11 is 6.28. The fourth-order valence-corrected chi connectivity index (χ4v) is 3.24. The molecule has 26 heavy (non-hydrogen) atoms. The van der Waals surface area contributed by atoms with Gasteiger partial charge in [-0.25, -0.2) is 4.39 Å². The number of carbonyl (C=O) groups excluding carboxylic acids is 1. The maximum absolute atomic E-state index is 13.8. The van der Waals surface area contributed by atoms with Crippen LogP contribution in [0.4, 0.5) is 10.1 Å². The number of benzene rings is 2. The van der Waals surface area contributed by atoms with Crippen LogP contribution < -0.4 is 0 Å². The molecule has 0 aromatic heterocycles. The highest BCUT2D eigenvalue weighted by Crippen LogP contribution is 2.41. The Balaban J connectivity index is 2.27. The zero-order valence-electron chi connectivity index (χ0n) is 14.3. The summed E-state index contributed by atoms with van der Waals surface area (Å²) in [6.45, 7) is 3.04. The van der Waals surface area contributed by atoms with Crippen molar-refractivity contribution >= 4 is 23.1 Å². The van der Waals surface area contributed by atoms with Gasteiger partial charge >= 0.3 is 0 Å². The Hall–Kier alpha value is -2.71. The molecule has 4 nitrogen and oxygen atoms in total. The van der Waals surface area contributed by atoms with E-state index in [0.29, 0.717) is 27.9 Å². The molecule has 0 aliphatic carbocycles. The van der Waals surface area contributed by atoms with Gasteiger partial charge in [0.15, 0.2) is 5.78 Å². The van der Waals surface area contributed by atoms with Crippen molar-refractivity contribution in [3.05, 3.63) is 52.3 Å². The van der Waals surface area contributed by atoms with Gasteiger partial charge in [0.05, 0.1) is 10.6 Å². The molecule has 6 heteroatoms. The monoisotopic (exact) mass is 369 g/mol. The minimum absolute atomic E-state index is 0.215. The lowest BCUT2D eigenvalue weighted by Gasteiger charge is -2.15. The zero-order chi connectivity index (χ0) is 18.7. The van der Waals surface area contributed by atoms with E-state index in [1.807, 2.05) is 5.01 Å². The Morgan fingerprint density at radius 1 is 1.31 bits per heavy atom. The van der Waals surface area contributed by atoms with Crippen LogP contribution in [-0.2, 0) is 0 Å². The predicted octanol–water partition coefficient (Wildman–Crippen LogP) is 5.42. The van der Waals surface area contributed by atoms with Gasteiger partial charge in [0.1, 0.15) is 11.5 Å². The van der Waals surface area contributed by atoms with Crippen LogP contribution in [0.25, 0.3) is 11.1 Å². The summed E-state index contributed by atoms with van der Waals surface area (Å²) in [6, 6.07) is 7.45. The van der Waals surface area contributed by atoms with E-state index in [-0.39, 0.29) is 10.8 Å². The Labute approximate surface area is 156 Å². The number of ketones is 1. The SMILES string of the molecule is C#Cc1c(Cl)cc(C(C)=O)c(-c2cccc(F)c2)c1/N=N/N1CCCC1. The lowest BCUT2D eigenvalue weighted by Crippen LogP contribution is -2.09. The molecule has 0 atom stereocenters. The molecule has 0 amide bonds. The molecule has 1 aliphatic heterocycles. The first kappa shape index (κ1) is 18.1. The first-order valence-electron chi connectivity index (χ1n) is 8.28. The van der Waals surface area contributed by atoms with Gasteiger partial charge in [0.2, 0.25) is 0 Å². The molecular weight excluding hydrogens is 353 g/mol. The molecule has 1 heterocycles. The molecule has 1 saturated heterocycles. The van der Waals surface area contributed by atoms with Crippen molar-refractivity contribution in [2.24, 2.45) is 10.3 Å². The molecule has 0 saturated carbocycles. The van der Waals surface area contributed by atoms with Gasteiger partial charge in [0.25, 0.3) is 0 Å². The number of halogens is 2. The molecule has 0 radical (unpaired) electrons.